The van der Waals surface area contributed by atoms with Crippen LogP contribution in [-0.2, 0) is 0 Å². The van der Waals surface area contributed by atoms with Gasteiger partial charge in [-0.25, -0.2) is 0 Å². The fourth-order valence-electron chi connectivity index (χ4n) is 1.35. The van der Waals surface area contributed by atoms with Crippen LogP contribution in [0.3, 0.4) is 0 Å². The second kappa shape index (κ2) is 6.02. The van der Waals surface area contributed by atoms with Gasteiger partial charge in [0.15, 0.2) is 0 Å². The Labute approximate surface area is 101 Å². The van der Waals surface area contributed by atoms with E-state index in [1.807, 2.05) is 26.1 Å². The third-order valence-corrected chi connectivity index (χ3v) is 2.74. The monoisotopic (exact) mass is 241 g/mol. The van der Waals surface area contributed by atoms with Crippen LogP contribution in [0.4, 0.5) is 0 Å². The second-order valence-electron chi connectivity index (χ2n) is 3.14. The number of hydrogen-bond donors (Lipinski definition) is 1. The molecule has 0 spiro atoms. The number of hydrogen-bond acceptors (Lipinski definition) is 1. The molecule has 0 aliphatic rings. The fourth-order valence-corrected chi connectivity index (χ4v) is 1.78. The number of rotatable bonds is 3. The van der Waals surface area contributed by atoms with Gasteiger partial charge in [-0.1, -0.05) is 23.2 Å². The molecule has 0 radical (unpaired) electrons. The van der Waals surface area contributed by atoms with E-state index in [4.69, 9.17) is 23.2 Å². The zero-order valence-electron chi connectivity index (χ0n) is 8.77. The van der Waals surface area contributed by atoms with Gasteiger partial charge < -0.3 is 5.32 Å². The molecule has 80 valence electrons. The van der Waals surface area contributed by atoms with E-state index in [1.54, 1.807) is 6.07 Å². The van der Waals surface area contributed by atoms with E-state index in [1.165, 1.54) is 0 Å². The van der Waals surface area contributed by atoms with E-state index in [0.717, 1.165) is 17.0 Å². The Morgan fingerprint density at radius 2 is 2.13 bits per heavy atom. The number of halogens is 2. The molecule has 3 heteroatoms. The molecule has 0 bridgehead atoms. The van der Waals surface area contributed by atoms with Crippen LogP contribution < -0.4 is 5.32 Å². The van der Waals surface area contributed by atoms with Crippen molar-refractivity contribution in [1.82, 2.24) is 5.32 Å². The van der Waals surface area contributed by atoms with Crippen molar-refractivity contribution in [2.75, 3.05) is 7.05 Å². The highest BCUT2D eigenvalue weighted by molar-refractivity contribution is 6.33. The first-order chi connectivity index (χ1) is 7.19. The molecular formula is C12H13Cl2N. The lowest BCUT2D eigenvalue weighted by Crippen LogP contribution is -2.16. The Morgan fingerprint density at radius 1 is 1.40 bits per heavy atom. The fraction of sp³-hybridized carbons (Fsp3) is 0.333. The predicted octanol–water partition coefficient (Wildman–Crippen LogP) is 3.67. The Kier molecular flexibility index (Phi) is 4.98. The minimum Gasteiger partial charge on any atom is -0.312 e. The van der Waals surface area contributed by atoms with Crippen LogP contribution in [0.15, 0.2) is 18.2 Å². The van der Waals surface area contributed by atoms with Crippen molar-refractivity contribution in [2.24, 2.45) is 0 Å². The maximum Gasteiger partial charge on any atom is 0.0455 e. The summed E-state index contributed by atoms with van der Waals surface area (Å²) in [5, 5.41) is 4.59. The summed E-state index contributed by atoms with van der Waals surface area (Å²) in [5.74, 6) is 5.90. The quantitative estimate of drug-likeness (QED) is 0.797. The zero-order chi connectivity index (χ0) is 11.3. The van der Waals surface area contributed by atoms with E-state index in [9.17, 15) is 0 Å². The summed E-state index contributed by atoms with van der Waals surface area (Å²) in [6, 6.07) is 5.60. The van der Waals surface area contributed by atoms with E-state index in [2.05, 4.69) is 17.2 Å². The van der Waals surface area contributed by atoms with Crippen LogP contribution in [0.25, 0.3) is 0 Å². The molecule has 1 rings (SSSR count). The van der Waals surface area contributed by atoms with Crippen molar-refractivity contribution in [3.05, 3.63) is 33.8 Å². The summed E-state index contributed by atoms with van der Waals surface area (Å²) in [6.45, 7) is 1.83. The largest absolute Gasteiger partial charge is 0.312 e. The first kappa shape index (κ1) is 12.4. The van der Waals surface area contributed by atoms with Gasteiger partial charge in [0.1, 0.15) is 0 Å². The molecule has 1 unspecified atom stereocenters. The van der Waals surface area contributed by atoms with Gasteiger partial charge in [0, 0.05) is 22.5 Å². The van der Waals surface area contributed by atoms with Crippen LogP contribution in [0.5, 0.6) is 0 Å². The molecule has 1 atom stereocenters. The van der Waals surface area contributed by atoms with E-state index >= 15 is 0 Å². The molecular weight excluding hydrogens is 229 g/mol. The lowest BCUT2D eigenvalue weighted by Gasteiger charge is -2.15. The molecule has 1 aromatic rings. The molecule has 15 heavy (non-hydrogen) atoms. The van der Waals surface area contributed by atoms with Crippen LogP contribution in [0.1, 0.15) is 24.9 Å². The first-order valence-electron chi connectivity index (χ1n) is 4.71. The summed E-state index contributed by atoms with van der Waals surface area (Å²) >= 11 is 12.0. The molecule has 0 amide bonds. The molecule has 0 aromatic heterocycles. The summed E-state index contributed by atoms with van der Waals surface area (Å²) < 4.78 is 0. The standard InChI is InChI=1S/C12H13Cl2N/c1-3-4-5-12(15-2)10-8-9(13)6-7-11(10)14/h6-8,12,15H,5H2,1-2H3. The molecule has 0 fully saturated rings. The molecule has 0 saturated carbocycles. The lowest BCUT2D eigenvalue weighted by molar-refractivity contribution is 0.611. The van der Waals surface area contributed by atoms with E-state index in [0.29, 0.717) is 5.02 Å². The van der Waals surface area contributed by atoms with Gasteiger partial charge in [-0.2, -0.15) is 0 Å². The van der Waals surface area contributed by atoms with Gasteiger partial charge in [0.2, 0.25) is 0 Å². The predicted molar refractivity (Wildman–Crippen MR) is 66.3 cm³/mol. The number of nitrogens with one attached hydrogen (secondary N) is 1. The third-order valence-electron chi connectivity index (χ3n) is 2.16. The van der Waals surface area contributed by atoms with Crippen LogP contribution >= 0.6 is 23.2 Å². The topological polar surface area (TPSA) is 12.0 Å². The van der Waals surface area contributed by atoms with Crippen LogP contribution in [0, 0.1) is 11.8 Å². The van der Waals surface area contributed by atoms with Crippen molar-refractivity contribution in [1.29, 1.82) is 0 Å². The van der Waals surface area contributed by atoms with E-state index < -0.39 is 0 Å². The summed E-state index contributed by atoms with van der Waals surface area (Å²) in [4.78, 5) is 0. The van der Waals surface area contributed by atoms with Crippen LogP contribution in [-0.4, -0.2) is 7.05 Å². The molecule has 0 aliphatic carbocycles. The van der Waals surface area contributed by atoms with Gasteiger partial charge in [0.05, 0.1) is 0 Å². The molecule has 1 N–H and O–H groups in total. The summed E-state index contributed by atoms with van der Waals surface area (Å²) in [7, 11) is 1.89. The molecule has 1 aromatic carbocycles. The smallest absolute Gasteiger partial charge is 0.0455 e. The molecule has 0 saturated heterocycles. The van der Waals surface area contributed by atoms with Crippen molar-refractivity contribution in [3.8, 4) is 11.8 Å². The maximum absolute atomic E-state index is 6.10. The third kappa shape index (κ3) is 3.43. The Bertz CT molecular complexity index is 390. The van der Waals surface area contributed by atoms with Gasteiger partial charge in [-0.05, 0) is 37.7 Å². The van der Waals surface area contributed by atoms with Crippen molar-refractivity contribution < 1.29 is 0 Å². The normalized spacial score (nSPS) is 11.7. The summed E-state index contributed by atoms with van der Waals surface area (Å²) in [6.07, 6.45) is 0.729. The second-order valence-corrected chi connectivity index (χ2v) is 3.98. The highest BCUT2D eigenvalue weighted by Crippen LogP contribution is 2.27. The highest BCUT2D eigenvalue weighted by atomic mass is 35.5. The Morgan fingerprint density at radius 3 is 2.73 bits per heavy atom. The van der Waals surface area contributed by atoms with Crippen molar-refractivity contribution >= 4 is 23.2 Å². The first-order valence-corrected chi connectivity index (χ1v) is 5.46. The maximum atomic E-state index is 6.10. The molecule has 1 nitrogen and oxygen atoms in total. The van der Waals surface area contributed by atoms with Gasteiger partial charge >= 0.3 is 0 Å². The van der Waals surface area contributed by atoms with E-state index in [-0.39, 0.29) is 6.04 Å². The average molecular weight is 242 g/mol. The number of benzene rings is 1. The average Bonchev–Trinajstić information content (AvgIpc) is 2.24. The minimum atomic E-state index is 0.128. The summed E-state index contributed by atoms with van der Waals surface area (Å²) in [5.41, 5.74) is 0.995. The van der Waals surface area contributed by atoms with Crippen molar-refractivity contribution in [3.63, 3.8) is 0 Å². The molecule has 0 aliphatic heterocycles. The SMILES string of the molecule is CC#CCC(NC)c1cc(Cl)ccc1Cl. The van der Waals surface area contributed by atoms with Gasteiger partial charge in [0.25, 0.3) is 0 Å². The Hall–Kier alpha value is -0.680. The Balaban J connectivity index is 2.98. The van der Waals surface area contributed by atoms with Gasteiger partial charge in [-0.3, -0.25) is 0 Å². The highest BCUT2D eigenvalue weighted by Gasteiger charge is 2.11. The minimum absolute atomic E-state index is 0.128. The van der Waals surface area contributed by atoms with Gasteiger partial charge in [-0.15, -0.1) is 11.8 Å². The van der Waals surface area contributed by atoms with Crippen molar-refractivity contribution in [2.45, 2.75) is 19.4 Å². The molecule has 0 heterocycles. The zero-order valence-corrected chi connectivity index (χ0v) is 10.3. The van der Waals surface area contributed by atoms with Crippen LogP contribution in [0.2, 0.25) is 10.0 Å². The lowest BCUT2D eigenvalue weighted by atomic mass is 10.0.